The van der Waals surface area contributed by atoms with Crippen LogP contribution < -0.4 is 15.1 Å². The number of aromatic nitrogens is 3. The highest BCUT2D eigenvalue weighted by molar-refractivity contribution is 5.83. The van der Waals surface area contributed by atoms with E-state index in [0.29, 0.717) is 35.4 Å². The molecule has 41 heavy (non-hydrogen) atoms. The number of rotatable bonds is 10. The normalized spacial score (nSPS) is 11.2. The molecule has 0 radical (unpaired) electrons. The second-order valence-electron chi connectivity index (χ2n) is 9.67. The summed E-state index contributed by atoms with van der Waals surface area (Å²) in [5.74, 6) is -0.404. The van der Waals surface area contributed by atoms with Crippen LogP contribution in [0.15, 0.2) is 89.9 Å². The van der Waals surface area contributed by atoms with Crippen LogP contribution in [0.1, 0.15) is 48.2 Å². The number of benzene rings is 3. The summed E-state index contributed by atoms with van der Waals surface area (Å²) in [7, 11) is 0. The van der Waals surface area contributed by atoms with Crippen molar-refractivity contribution in [1.29, 1.82) is 0 Å². The third-order valence-corrected chi connectivity index (χ3v) is 6.75. The van der Waals surface area contributed by atoms with Crippen molar-refractivity contribution in [2.24, 2.45) is 0 Å². The Hall–Kier alpha value is -4.79. The van der Waals surface area contributed by atoms with Gasteiger partial charge in [-0.05, 0) is 66.4 Å². The van der Waals surface area contributed by atoms with Crippen molar-refractivity contribution in [2.75, 3.05) is 6.61 Å². The predicted octanol–water partition coefficient (Wildman–Crippen LogP) is 5.80. The van der Waals surface area contributed by atoms with Crippen molar-refractivity contribution in [3.05, 3.63) is 130 Å². The second-order valence-corrected chi connectivity index (χ2v) is 9.67. The molecule has 0 unspecified atom stereocenters. The first-order valence-corrected chi connectivity index (χ1v) is 13.4. The first-order valence-electron chi connectivity index (χ1n) is 13.4. The SMILES string of the molecule is CCCC(=O)On1c(C)nc2c(OCCn3cc(C(c4ccc(F)cc4)c4ccc(F)cc4)ccc3=O)cccc21. The summed E-state index contributed by atoms with van der Waals surface area (Å²) in [4.78, 5) is 34.8. The van der Waals surface area contributed by atoms with Crippen LogP contribution in [-0.2, 0) is 11.3 Å². The van der Waals surface area contributed by atoms with Crippen molar-refractivity contribution in [2.45, 2.75) is 39.2 Å². The summed E-state index contributed by atoms with van der Waals surface area (Å²) >= 11 is 0. The van der Waals surface area contributed by atoms with Gasteiger partial charge >= 0.3 is 5.97 Å². The Balaban J connectivity index is 1.39. The van der Waals surface area contributed by atoms with Gasteiger partial charge < -0.3 is 14.1 Å². The average Bonchev–Trinajstić information content (AvgIpc) is 3.28. The quantitative estimate of drug-likeness (QED) is 0.217. The van der Waals surface area contributed by atoms with Gasteiger partial charge in [0.2, 0.25) is 0 Å². The number of para-hydroxylation sites is 1. The maximum absolute atomic E-state index is 13.7. The number of ether oxygens (including phenoxy) is 1. The molecule has 0 saturated carbocycles. The van der Waals surface area contributed by atoms with E-state index < -0.39 is 0 Å². The van der Waals surface area contributed by atoms with Gasteiger partial charge in [-0.3, -0.25) is 4.79 Å². The molecule has 0 spiro atoms. The Bertz CT molecular complexity index is 1680. The molecule has 9 heteroatoms. The Labute approximate surface area is 235 Å². The van der Waals surface area contributed by atoms with E-state index in [1.807, 2.05) is 6.92 Å². The van der Waals surface area contributed by atoms with Gasteiger partial charge in [-0.1, -0.05) is 43.3 Å². The van der Waals surface area contributed by atoms with E-state index in [-0.39, 0.29) is 42.2 Å². The molecular weight excluding hydrogens is 528 g/mol. The van der Waals surface area contributed by atoms with E-state index in [1.54, 1.807) is 66.2 Å². The first-order chi connectivity index (χ1) is 19.8. The molecule has 0 N–H and O–H groups in total. The molecule has 0 saturated heterocycles. The van der Waals surface area contributed by atoms with Gasteiger partial charge in [-0.25, -0.2) is 18.6 Å². The predicted molar refractivity (Wildman–Crippen MR) is 151 cm³/mol. The number of halogens is 2. The van der Waals surface area contributed by atoms with Crippen LogP contribution in [-0.4, -0.2) is 26.9 Å². The van der Waals surface area contributed by atoms with E-state index in [2.05, 4.69) is 4.98 Å². The van der Waals surface area contributed by atoms with Crippen molar-refractivity contribution in [3.63, 3.8) is 0 Å². The highest BCUT2D eigenvalue weighted by Crippen LogP contribution is 2.32. The fraction of sp³-hybridized carbons (Fsp3) is 0.219. The molecule has 0 atom stereocenters. The molecule has 0 fully saturated rings. The smallest absolute Gasteiger partial charge is 0.332 e. The summed E-state index contributed by atoms with van der Waals surface area (Å²) < 4.78 is 36.3. The highest BCUT2D eigenvalue weighted by Gasteiger charge is 2.19. The van der Waals surface area contributed by atoms with E-state index in [1.165, 1.54) is 35.1 Å². The van der Waals surface area contributed by atoms with Crippen molar-refractivity contribution in [3.8, 4) is 5.75 Å². The zero-order chi connectivity index (χ0) is 28.9. The van der Waals surface area contributed by atoms with Gasteiger partial charge in [-0.2, -0.15) is 4.73 Å². The lowest BCUT2D eigenvalue weighted by Crippen LogP contribution is -2.23. The number of carbonyl (C=O) groups excluding carboxylic acids is 1. The number of hydrogen-bond acceptors (Lipinski definition) is 5. The Morgan fingerprint density at radius 1 is 0.902 bits per heavy atom. The molecule has 2 heterocycles. The number of fused-ring (bicyclic) bond motifs is 1. The average molecular weight is 558 g/mol. The molecule has 5 rings (SSSR count). The molecule has 3 aromatic carbocycles. The minimum atomic E-state index is -0.358. The second kappa shape index (κ2) is 12.2. The van der Waals surface area contributed by atoms with E-state index in [0.717, 1.165) is 16.7 Å². The van der Waals surface area contributed by atoms with E-state index in [9.17, 15) is 18.4 Å². The number of nitrogens with zero attached hydrogens (tertiary/aromatic N) is 3. The zero-order valence-electron chi connectivity index (χ0n) is 22.7. The summed E-state index contributed by atoms with van der Waals surface area (Å²) in [6, 6.07) is 20.8. The maximum atomic E-state index is 13.7. The van der Waals surface area contributed by atoms with Crippen LogP contribution in [0.25, 0.3) is 11.0 Å². The lowest BCUT2D eigenvalue weighted by molar-refractivity contribution is -0.143. The van der Waals surface area contributed by atoms with Crippen molar-refractivity contribution in [1.82, 2.24) is 14.3 Å². The lowest BCUT2D eigenvalue weighted by atomic mass is 9.86. The highest BCUT2D eigenvalue weighted by atomic mass is 19.1. The topological polar surface area (TPSA) is 75.4 Å². The first kappa shape index (κ1) is 27.8. The van der Waals surface area contributed by atoms with Crippen LogP contribution in [0, 0.1) is 18.6 Å². The number of carbonyl (C=O) groups is 1. The van der Waals surface area contributed by atoms with Gasteiger partial charge in [-0.15, -0.1) is 0 Å². The summed E-state index contributed by atoms with van der Waals surface area (Å²) in [5, 5.41) is 0. The van der Waals surface area contributed by atoms with Crippen molar-refractivity contribution >= 4 is 17.0 Å². The molecule has 7 nitrogen and oxygen atoms in total. The number of aryl methyl sites for hydroxylation is 1. The zero-order valence-corrected chi connectivity index (χ0v) is 22.7. The fourth-order valence-electron chi connectivity index (χ4n) is 4.79. The van der Waals surface area contributed by atoms with Gasteiger partial charge in [0.25, 0.3) is 5.56 Å². The van der Waals surface area contributed by atoms with Gasteiger partial charge in [0.05, 0.1) is 6.54 Å². The van der Waals surface area contributed by atoms with Crippen LogP contribution in [0.5, 0.6) is 5.75 Å². The molecule has 0 bridgehead atoms. The number of imidazole rings is 1. The third kappa shape index (κ3) is 6.19. The third-order valence-electron chi connectivity index (χ3n) is 6.75. The Morgan fingerprint density at radius 2 is 1.54 bits per heavy atom. The van der Waals surface area contributed by atoms with E-state index in [4.69, 9.17) is 9.57 Å². The molecule has 0 aliphatic carbocycles. The van der Waals surface area contributed by atoms with Crippen LogP contribution in [0.2, 0.25) is 0 Å². The molecule has 5 aromatic rings. The summed E-state index contributed by atoms with van der Waals surface area (Å²) in [6.07, 6.45) is 2.72. The van der Waals surface area contributed by atoms with Crippen LogP contribution in [0.3, 0.4) is 0 Å². The Kier molecular flexibility index (Phi) is 8.24. The maximum Gasteiger partial charge on any atom is 0.332 e. The Morgan fingerprint density at radius 3 is 2.17 bits per heavy atom. The minimum absolute atomic E-state index is 0.168. The molecule has 210 valence electrons. The van der Waals surface area contributed by atoms with Gasteiger partial charge in [0.1, 0.15) is 40.8 Å². The fourth-order valence-corrected chi connectivity index (χ4v) is 4.79. The molecule has 0 aliphatic rings. The molecular formula is C32H29F2N3O4. The molecule has 0 amide bonds. The van der Waals surface area contributed by atoms with Crippen LogP contribution in [0.4, 0.5) is 8.78 Å². The van der Waals surface area contributed by atoms with Crippen molar-refractivity contribution < 1.29 is 23.1 Å². The number of pyridine rings is 1. The largest absolute Gasteiger partial charge is 0.489 e. The summed E-state index contributed by atoms with van der Waals surface area (Å²) in [5.41, 5.74) is 3.32. The molecule has 2 aromatic heterocycles. The number of hydrogen-bond donors (Lipinski definition) is 0. The lowest BCUT2D eigenvalue weighted by Gasteiger charge is -2.20. The van der Waals surface area contributed by atoms with Gasteiger partial charge in [0, 0.05) is 24.6 Å². The standard InChI is InChI=1S/C32H29F2N3O4/c1-3-5-30(39)41-37-21(2)35-32-27(37)6-4-7-28(32)40-19-18-36-20-24(12-17-29(36)38)31(22-8-13-25(33)14-9-22)23-10-15-26(34)16-11-23/h4,6-17,20,31H,3,5,18-19H2,1-2H3. The minimum Gasteiger partial charge on any atom is -0.489 e. The van der Waals surface area contributed by atoms with Gasteiger partial charge in [0.15, 0.2) is 0 Å². The van der Waals surface area contributed by atoms with E-state index >= 15 is 0 Å². The summed E-state index contributed by atoms with van der Waals surface area (Å²) in [6.45, 7) is 4.06. The van der Waals surface area contributed by atoms with Crippen LogP contribution >= 0.6 is 0 Å². The molecule has 0 aliphatic heterocycles. The monoisotopic (exact) mass is 557 g/mol.